The van der Waals surface area contributed by atoms with E-state index >= 15 is 0 Å². The highest BCUT2D eigenvalue weighted by Gasteiger charge is 2.33. The van der Waals surface area contributed by atoms with Crippen LogP contribution in [-0.2, 0) is 9.53 Å². The van der Waals surface area contributed by atoms with Gasteiger partial charge in [0.05, 0.1) is 6.61 Å². The molecule has 0 aliphatic heterocycles. The lowest BCUT2D eigenvalue weighted by atomic mass is 10.3. The number of anilines is 1. The van der Waals surface area contributed by atoms with E-state index in [1.54, 1.807) is 6.92 Å². The van der Waals surface area contributed by atoms with E-state index in [9.17, 15) is 9.59 Å². The molecule has 0 saturated heterocycles. The van der Waals surface area contributed by atoms with Gasteiger partial charge in [0.25, 0.3) is 5.56 Å². The minimum atomic E-state index is -0.269. The minimum absolute atomic E-state index is 0.147. The Morgan fingerprint density at radius 2 is 2.20 bits per heavy atom. The van der Waals surface area contributed by atoms with Gasteiger partial charge in [-0.2, -0.15) is 0 Å². The van der Waals surface area contributed by atoms with Crippen molar-refractivity contribution in [2.24, 2.45) is 0 Å². The monoisotopic (exact) mass is 277 g/mol. The van der Waals surface area contributed by atoms with Gasteiger partial charge in [-0.25, -0.2) is 4.98 Å². The summed E-state index contributed by atoms with van der Waals surface area (Å²) in [5.74, 6) is 1.47. The molecule has 0 amide bonds. The molecule has 0 radical (unpaired) electrons. The zero-order valence-electron chi connectivity index (χ0n) is 11.6. The van der Waals surface area contributed by atoms with Crippen LogP contribution in [0.5, 0.6) is 0 Å². The van der Waals surface area contributed by atoms with Crippen LogP contribution < -0.4 is 10.5 Å². The third-order valence-corrected chi connectivity index (χ3v) is 3.60. The highest BCUT2D eigenvalue weighted by molar-refractivity contribution is 5.75. The summed E-state index contributed by atoms with van der Waals surface area (Å²) in [7, 11) is 0. The third kappa shape index (κ3) is 3.00. The van der Waals surface area contributed by atoms with Crippen molar-refractivity contribution >= 4 is 11.8 Å². The van der Waals surface area contributed by atoms with E-state index in [0.717, 1.165) is 31.5 Å². The Morgan fingerprint density at radius 3 is 2.80 bits per heavy atom. The summed E-state index contributed by atoms with van der Waals surface area (Å²) in [6.45, 7) is 2.32. The number of carbonyl (C=O) groups excluding carboxylic acids is 1. The number of carbonyl (C=O) groups is 1. The minimum Gasteiger partial charge on any atom is -0.465 e. The Kier molecular flexibility index (Phi) is 3.46. The molecule has 1 aromatic rings. The number of H-pyrrole nitrogens is 1. The largest absolute Gasteiger partial charge is 0.465 e. The van der Waals surface area contributed by atoms with Gasteiger partial charge in [0.2, 0.25) is 0 Å². The molecule has 1 heterocycles. The van der Waals surface area contributed by atoms with Gasteiger partial charge in [0.15, 0.2) is 0 Å². The van der Waals surface area contributed by atoms with Crippen molar-refractivity contribution in [3.63, 3.8) is 0 Å². The van der Waals surface area contributed by atoms with Gasteiger partial charge >= 0.3 is 5.97 Å². The van der Waals surface area contributed by atoms with E-state index in [-0.39, 0.29) is 18.1 Å². The second kappa shape index (κ2) is 5.26. The van der Waals surface area contributed by atoms with Gasteiger partial charge in [-0.3, -0.25) is 9.59 Å². The highest BCUT2D eigenvalue weighted by Crippen LogP contribution is 2.38. The summed E-state index contributed by atoms with van der Waals surface area (Å²) in [5, 5.41) is 0. The number of rotatable bonds is 6. The average molecular weight is 277 g/mol. The van der Waals surface area contributed by atoms with Crippen LogP contribution in [0.1, 0.15) is 44.3 Å². The molecular formula is C14H19N3O3. The second-order valence-corrected chi connectivity index (χ2v) is 5.43. The lowest BCUT2D eigenvalue weighted by Gasteiger charge is -2.22. The van der Waals surface area contributed by atoms with Gasteiger partial charge in [0, 0.05) is 18.0 Å². The van der Waals surface area contributed by atoms with E-state index in [1.807, 2.05) is 4.90 Å². The summed E-state index contributed by atoms with van der Waals surface area (Å²) in [5.41, 5.74) is -0.147. The summed E-state index contributed by atoms with van der Waals surface area (Å²) in [6, 6.07) is 1.78. The molecule has 20 heavy (non-hydrogen) atoms. The third-order valence-electron chi connectivity index (χ3n) is 3.60. The first-order valence-corrected chi connectivity index (χ1v) is 7.21. The van der Waals surface area contributed by atoms with Crippen LogP contribution in [0.2, 0.25) is 0 Å². The van der Waals surface area contributed by atoms with Crippen molar-refractivity contribution in [1.82, 2.24) is 9.97 Å². The van der Waals surface area contributed by atoms with Crippen LogP contribution in [0.25, 0.3) is 0 Å². The van der Waals surface area contributed by atoms with Crippen LogP contribution >= 0.6 is 0 Å². The fourth-order valence-electron chi connectivity index (χ4n) is 2.29. The van der Waals surface area contributed by atoms with E-state index in [1.165, 1.54) is 6.07 Å². The molecule has 0 bridgehead atoms. The molecule has 2 fully saturated rings. The van der Waals surface area contributed by atoms with Gasteiger partial charge in [-0.1, -0.05) is 0 Å². The highest BCUT2D eigenvalue weighted by atomic mass is 16.5. The van der Waals surface area contributed by atoms with Gasteiger partial charge < -0.3 is 14.6 Å². The molecule has 6 heteroatoms. The van der Waals surface area contributed by atoms with Crippen molar-refractivity contribution < 1.29 is 9.53 Å². The zero-order chi connectivity index (χ0) is 14.1. The molecule has 6 nitrogen and oxygen atoms in total. The molecule has 108 valence electrons. The predicted molar refractivity (Wildman–Crippen MR) is 73.8 cm³/mol. The Morgan fingerprint density at radius 1 is 1.45 bits per heavy atom. The predicted octanol–water partition coefficient (Wildman–Crippen LogP) is 1.18. The molecule has 3 rings (SSSR count). The SMILES string of the molecule is CCOC(=O)CN(c1cc(=O)[nH]c(C2CC2)n1)C1CC1. The number of nitrogens with zero attached hydrogens (tertiary/aromatic N) is 2. The van der Waals surface area contributed by atoms with Crippen molar-refractivity contribution in [2.75, 3.05) is 18.1 Å². The zero-order valence-corrected chi connectivity index (χ0v) is 11.6. The maximum Gasteiger partial charge on any atom is 0.325 e. The Hall–Kier alpha value is -1.85. The van der Waals surface area contributed by atoms with E-state index in [2.05, 4.69) is 9.97 Å². The second-order valence-electron chi connectivity index (χ2n) is 5.43. The van der Waals surface area contributed by atoms with E-state index in [4.69, 9.17) is 4.74 Å². The summed E-state index contributed by atoms with van der Waals surface area (Å²) in [6.07, 6.45) is 4.22. The van der Waals surface area contributed by atoms with Crippen molar-refractivity contribution in [1.29, 1.82) is 0 Å². The van der Waals surface area contributed by atoms with E-state index in [0.29, 0.717) is 24.4 Å². The standard InChI is InChI=1S/C14H19N3O3/c1-2-20-13(19)8-17(10-5-6-10)11-7-12(18)16-14(15-11)9-3-4-9/h7,9-10H,2-6,8H2,1H3,(H,15,16,18). The summed E-state index contributed by atoms with van der Waals surface area (Å²) < 4.78 is 5.00. The van der Waals surface area contributed by atoms with Crippen molar-refractivity contribution in [2.45, 2.75) is 44.6 Å². The maximum atomic E-state index is 11.8. The molecule has 2 aliphatic carbocycles. The van der Waals surface area contributed by atoms with Crippen LogP contribution in [0, 0.1) is 0 Å². The lowest BCUT2D eigenvalue weighted by Crippen LogP contribution is -2.34. The molecule has 2 saturated carbocycles. The first-order valence-electron chi connectivity index (χ1n) is 7.21. The molecule has 0 unspecified atom stereocenters. The average Bonchev–Trinajstić information content (AvgIpc) is 3.29. The summed E-state index contributed by atoms with van der Waals surface area (Å²) in [4.78, 5) is 32.7. The molecular weight excluding hydrogens is 258 g/mol. The quantitative estimate of drug-likeness (QED) is 0.790. The fraction of sp³-hybridized carbons (Fsp3) is 0.643. The number of hydrogen-bond acceptors (Lipinski definition) is 5. The number of aromatic nitrogens is 2. The van der Waals surface area contributed by atoms with Gasteiger partial charge in [0.1, 0.15) is 18.2 Å². The molecule has 1 N–H and O–H groups in total. The number of ether oxygens (including phenoxy) is 1. The van der Waals surface area contributed by atoms with Crippen molar-refractivity contribution in [3.8, 4) is 0 Å². The normalized spacial score (nSPS) is 17.9. The Labute approximate surface area is 117 Å². The molecule has 0 atom stereocenters. The first kappa shape index (κ1) is 13.1. The fourth-order valence-corrected chi connectivity index (χ4v) is 2.29. The molecule has 0 spiro atoms. The first-order chi connectivity index (χ1) is 9.67. The van der Waals surface area contributed by atoms with Crippen LogP contribution in [0.4, 0.5) is 5.82 Å². The smallest absolute Gasteiger partial charge is 0.325 e. The topological polar surface area (TPSA) is 75.3 Å². The number of aromatic amines is 1. The van der Waals surface area contributed by atoms with Crippen LogP contribution in [0.15, 0.2) is 10.9 Å². The van der Waals surface area contributed by atoms with Crippen LogP contribution in [0.3, 0.4) is 0 Å². The van der Waals surface area contributed by atoms with Crippen LogP contribution in [-0.4, -0.2) is 35.1 Å². The molecule has 2 aliphatic rings. The Bertz CT molecular complexity index is 561. The van der Waals surface area contributed by atoms with Crippen molar-refractivity contribution in [3.05, 3.63) is 22.2 Å². The van der Waals surface area contributed by atoms with Gasteiger partial charge in [-0.15, -0.1) is 0 Å². The summed E-state index contributed by atoms with van der Waals surface area (Å²) >= 11 is 0. The molecule has 1 aromatic heterocycles. The Balaban J connectivity index is 1.83. The van der Waals surface area contributed by atoms with E-state index < -0.39 is 0 Å². The number of hydrogen-bond donors (Lipinski definition) is 1. The maximum absolute atomic E-state index is 11.8. The number of nitrogens with one attached hydrogen (secondary N) is 1. The number of esters is 1. The van der Waals surface area contributed by atoms with Gasteiger partial charge in [-0.05, 0) is 32.6 Å². The molecule has 0 aromatic carbocycles. The lowest BCUT2D eigenvalue weighted by molar-refractivity contribution is -0.141.